The molecular formula is C8H5BrN4O2. The molecule has 0 radical (unpaired) electrons. The number of carbonyl (C=O) groups is 1. The van der Waals surface area contributed by atoms with Crippen LogP contribution >= 0.6 is 15.9 Å². The highest BCUT2D eigenvalue weighted by atomic mass is 79.9. The second-order valence-electron chi connectivity index (χ2n) is 2.68. The monoisotopic (exact) mass is 268 g/mol. The summed E-state index contributed by atoms with van der Waals surface area (Å²) < 4.78 is 2.09. The number of rotatable bonds is 2. The predicted molar refractivity (Wildman–Crippen MR) is 53.8 cm³/mol. The van der Waals surface area contributed by atoms with Crippen LogP contribution in [0, 0.1) is 0 Å². The van der Waals surface area contributed by atoms with E-state index in [1.807, 2.05) is 0 Å². The van der Waals surface area contributed by atoms with Gasteiger partial charge in [-0.25, -0.2) is 9.48 Å². The molecule has 2 aromatic rings. The molecule has 0 saturated carbocycles. The number of hydrogen-bond donors (Lipinski definition) is 1. The van der Waals surface area contributed by atoms with Gasteiger partial charge < -0.3 is 5.11 Å². The molecule has 0 amide bonds. The first kappa shape index (κ1) is 9.78. The molecule has 6 nitrogen and oxygen atoms in total. The van der Waals surface area contributed by atoms with Gasteiger partial charge in [0.15, 0.2) is 5.82 Å². The molecule has 2 aromatic heterocycles. The fourth-order valence-corrected chi connectivity index (χ4v) is 1.36. The van der Waals surface area contributed by atoms with E-state index in [9.17, 15) is 4.79 Å². The van der Waals surface area contributed by atoms with Crippen molar-refractivity contribution >= 4 is 21.9 Å². The minimum atomic E-state index is -1.06. The van der Waals surface area contributed by atoms with Gasteiger partial charge >= 0.3 is 5.97 Å². The van der Waals surface area contributed by atoms with E-state index in [1.165, 1.54) is 16.9 Å². The van der Waals surface area contributed by atoms with Crippen LogP contribution in [0.4, 0.5) is 0 Å². The molecule has 2 rings (SSSR count). The summed E-state index contributed by atoms with van der Waals surface area (Å²) in [5.74, 6) is -0.873. The Labute approximate surface area is 92.7 Å². The molecule has 0 aliphatic heterocycles. The van der Waals surface area contributed by atoms with Crippen molar-refractivity contribution in [3.05, 3.63) is 34.7 Å². The molecule has 0 bridgehead atoms. The fourth-order valence-electron chi connectivity index (χ4n) is 1.08. The topological polar surface area (TPSA) is 80.9 Å². The number of halogens is 1. The van der Waals surface area contributed by atoms with Crippen molar-refractivity contribution in [1.29, 1.82) is 0 Å². The first-order valence-electron chi connectivity index (χ1n) is 3.94. The van der Waals surface area contributed by atoms with Crippen molar-refractivity contribution in [3.63, 3.8) is 0 Å². The van der Waals surface area contributed by atoms with Crippen molar-refractivity contribution in [2.24, 2.45) is 0 Å². The number of nitrogens with zero attached hydrogens (tertiary/aromatic N) is 4. The summed E-state index contributed by atoms with van der Waals surface area (Å²) in [4.78, 5) is 10.9. The summed E-state index contributed by atoms with van der Waals surface area (Å²) in [5, 5.41) is 20.2. The average molecular weight is 269 g/mol. The Morgan fingerprint density at radius 2 is 2.33 bits per heavy atom. The largest absolute Gasteiger partial charge is 0.478 e. The van der Waals surface area contributed by atoms with Crippen molar-refractivity contribution < 1.29 is 9.90 Å². The highest BCUT2D eigenvalue weighted by Crippen LogP contribution is 2.13. The molecule has 76 valence electrons. The summed E-state index contributed by atoms with van der Waals surface area (Å²) in [5.41, 5.74) is 0.0561. The SMILES string of the molecule is O=C(O)c1ccnnc1-n1cc(Br)cn1. The van der Waals surface area contributed by atoms with Crippen LogP contribution in [-0.2, 0) is 0 Å². The van der Waals surface area contributed by atoms with Crippen molar-refractivity contribution in [2.75, 3.05) is 0 Å². The molecule has 0 saturated heterocycles. The standard InChI is InChI=1S/C8H5BrN4O2/c9-5-3-11-13(4-5)7-6(8(14)15)1-2-10-12-7/h1-4H,(H,14,15). The third kappa shape index (κ3) is 1.86. The van der Waals surface area contributed by atoms with Crippen LogP contribution in [0.2, 0.25) is 0 Å². The van der Waals surface area contributed by atoms with E-state index in [4.69, 9.17) is 5.11 Å². The fraction of sp³-hybridized carbons (Fsp3) is 0. The predicted octanol–water partition coefficient (Wildman–Crippen LogP) is 1.12. The maximum Gasteiger partial charge on any atom is 0.339 e. The maximum atomic E-state index is 10.9. The molecule has 0 atom stereocenters. The van der Waals surface area contributed by atoms with Gasteiger partial charge in [-0.1, -0.05) is 0 Å². The molecule has 0 spiro atoms. The van der Waals surface area contributed by atoms with Gasteiger partial charge in [-0.3, -0.25) is 0 Å². The van der Waals surface area contributed by atoms with Gasteiger partial charge in [0.25, 0.3) is 0 Å². The molecule has 2 heterocycles. The molecule has 0 unspecified atom stereocenters. The normalized spacial score (nSPS) is 10.2. The summed E-state index contributed by atoms with van der Waals surface area (Å²) in [7, 11) is 0. The van der Waals surface area contributed by atoms with Gasteiger partial charge in [-0.15, -0.1) is 5.10 Å². The Kier molecular flexibility index (Phi) is 2.46. The highest BCUT2D eigenvalue weighted by molar-refractivity contribution is 9.10. The van der Waals surface area contributed by atoms with E-state index in [0.29, 0.717) is 0 Å². The van der Waals surface area contributed by atoms with E-state index < -0.39 is 5.97 Å². The van der Waals surface area contributed by atoms with E-state index in [1.54, 1.807) is 12.4 Å². The number of carboxylic acids is 1. The van der Waals surface area contributed by atoms with Gasteiger partial charge in [0.2, 0.25) is 0 Å². The van der Waals surface area contributed by atoms with E-state index in [-0.39, 0.29) is 11.4 Å². The second-order valence-corrected chi connectivity index (χ2v) is 3.59. The lowest BCUT2D eigenvalue weighted by molar-refractivity contribution is 0.0696. The minimum Gasteiger partial charge on any atom is -0.478 e. The van der Waals surface area contributed by atoms with E-state index >= 15 is 0 Å². The quantitative estimate of drug-likeness (QED) is 0.883. The van der Waals surface area contributed by atoms with Crippen LogP contribution in [0.5, 0.6) is 0 Å². The van der Waals surface area contributed by atoms with E-state index in [0.717, 1.165) is 4.47 Å². The van der Waals surface area contributed by atoms with Gasteiger partial charge in [0, 0.05) is 6.20 Å². The smallest absolute Gasteiger partial charge is 0.339 e. The zero-order valence-corrected chi connectivity index (χ0v) is 8.92. The molecule has 7 heteroatoms. The number of carboxylic acid groups (broad SMARTS) is 1. The van der Waals surface area contributed by atoms with Crippen LogP contribution in [0.1, 0.15) is 10.4 Å². The molecular weight excluding hydrogens is 264 g/mol. The molecule has 1 N–H and O–H groups in total. The first-order chi connectivity index (χ1) is 7.18. The van der Waals surface area contributed by atoms with Crippen LogP contribution in [0.25, 0.3) is 5.82 Å². The van der Waals surface area contributed by atoms with Gasteiger partial charge in [0.05, 0.1) is 16.9 Å². The lowest BCUT2D eigenvalue weighted by Crippen LogP contribution is -2.08. The molecule has 15 heavy (non-hydrogen) atoms. The van der Waals surface area contributed by atoms with Crippen molar-refractivity contribution in [2.45, 2.75) is 0 Å². The van der Waals surface area contributed by atoms with Gasteiger partial charge in [-0.05, 0) is 22.0 Å². The van der Waals surface area contributed by atoms with Crippen molar-refractivity contribution in [3.8, 4) is 5.82 Å². The molecule has 0 aliphatic carbocycles. The molecule has 0 aromatic carbocycles. The van der Waals surface area contributed by atoms with Crippen LogP contribution in [0.3, 0.4) is 0 Å². The zero-order chi connectivity index (χ0) is 10.8. The van der Waals surface area contributed by atoms with Crippen LogP contribution < -0.4 is 0 Å². The Morgan fingerprint density at radius 1 is 1.53 bits per heavy atom. The minimum absolute atomic E-state index is 0.0561. The Bertz CT molecular complexity index is 511. The average Bonchev–Trinajstić information content (AvgIpc) is 2.65. The second kappa shape index (κ2) is 3.77. The zero-order valence-electron chi connectivity index (χ0n) is 7.33. The number of aromatic nitrogens is 4. The van der Waals surface area contributed by atoms with E-state index in [2.05, 4.69) is 31.2 Å². The van der Waals surface area contributed by atoms with Crippen LogP contribution in [0.15, 0.2) is 29.1 Å². The van der Waals surface area contributed by atoms with Gasteiger partial charge in [0.1, 0.15) is 5.56 Å². The van der Waals surface area contributed by atoms with Gasteiger partial charge in [-0.2, -0.15) is 10.2 Å². The number of hydrogen-bond acceptors (Lipinski definition) is 4. The summed E-state index contributed by atoms with van der Waals surface area (Å²) >= 11 is 3.21. The number of aromatic carboxylic acids is 1. The van der Waals surface area contributed by atoms with Crippen LogP contribution in [-0.4, -0.2) is 31.1 Å². The maximum absolute atomic E-state index is 10.9. The van der Waals surface area contributed by atoms with Crippen molar-refractivity contribution in [1.82, 2.24) is 20.0 Å². The lowest BCUT2D eigenvalue weighted by Gasteiger charge is -2.01. The third-order valence-electron chi connectivity index (χ3n) is 1.70. The Balaban J connectivity index is 2.57. The molecule has 0 aliphatic rings. The summed E-state index contributed by atoms with van der Waals surface area (Å²) in [6.07, 6.45) is 4.47. The Hall–Kier alpha value is -1.76. The molecule has 0 fully saturated rings. The highest BCUT2D eigenvalue weighted by Gasteiger charge is 2.13. The lowest BCUT2D eigenvalue weighted by atomic mass is 10.3. The third-order valence-corrected chi connectivity index (χ3v) is 2.11. The summed E-state index contributed by atoms with van der Waals surface area (Å²) in [6, 6.07) is 1.38. The Morgan fingerprint density at radius 3 is 2.93 bits per heavy atom. The first-order valence-corrected chi connectivity index (χ1v) is 4.73. The summed E-state index contributed by atoms with van der Waals surface area (Å²) in [6.45, 7) is 0.